The zero-order chi connectivity index (χ0) is 22.0. The number of ether oxygens (including phenoxy) is 2. The third-order valence-electron chi connectivity index (χ3n) is 4.85. The van der Waals surface area contributed by atoms with Crippen molar-refractivity contribution in [2.75, 3.05) is 6.61 Å². The van der Waals surface area contributed by atoms with Crippen molar-refractivity contribution in [2.45, 2.75) is 90.6 Å². The molecule has 1 aromatic carbocycles. The fourth-order valence-corrected chi connectivity index (χ4v) is 3.09. The second-order valence-corrected chi connectivity index (χ2v) is 7.45. The predicted octanol–water partition coefficient (Wildman–Crippen LogP) is 5.88. The van der Waals surface area contributed by atoms with Crippen LogP contribution < -0.4 is 0 Å². The van der Waals surface area contributed by atoms with E-state index in [0.29, 0.717) is 18.6 Å². The van der Waals surface area contributed by atoms with E-state index in [9.17, 15) is 19.7 Å². The highest BCUT2D eigenvalue weighted by atomic mass is 16.6. The van der Waals surface area contributed by atoms with E-state index in [1.54, 1.807) is 18.2 Å². The number of hydrogen-bond donors (Lipinski definition) is 0. The predicted molar refractivity (Wildman–Crippen MR) is 115 cm³/mol. The summed E-state index contributed by atoms with van der Waals surface area (Å²) >= 11 is 0. The minimum absolute atomic E-state index is 0.0771. The van der Waals surface area contributed by atoms with E-state index >= 15 is 0 Å². The Balaban J connectivity index is 2.02. The van der Waals surface area contributed by atoms with Gasteiger partial charge >= 0.3 is 11.9 Å². The number of benzene rings is 1. The number of para-hydroxylation sites is 1. The maximum absolute atomic E-state index is 11.8. The Labute approximate surface area is 179 Å². The van der Waals surface area contributed by atoms with Gasteiger partial charge in [-0.2, -0.15) is 0 Å². The molecule has 7 nitrogen and oxygen atoms in total. The van der Waals surface area contributed by atoms with Gasteiger partial charge in [-0.15, -0.1) is 0 Å². The largest absolute Gasteiger partial charge is 0.466 e. The number of unbranched alkanes of at least 4 members (excludes halogenated alkanes) is 8. The van der Waals surface area contributed by atoms with Gasteiger partial charge in [0.15, 0.2) is 0 Å². The van der Waals surface area contributed by atoms with Crippen LogP contribution >= 0.6 is 0 Å². The number of carbonyl (C=O) groups is 2. The van der Waals surface area contributed by atoms with E-state index < -0.39 is 10.9 Å². The van der Waals surface area contributed by atoms with Crippen LogP contribution in [0.4, 0.5) is 5.69 Å². The Bertz CT molecular complexity index is 646. The number of nitrogens with zero attached hydrogens (tertiary/aromatic N) is 1. The van der Waals surface area contributed by atoms with Crippen LogP contribution in [0.15, 0.2) is 24.3 Å². The Morgan fingerprint density at radius 3 is 2.03 bits per heavy atom. The number of carbonyl (C=O) groups excluding carboxylic acids is 2. The Morgan fingerprint density at radius 1 is 0.833 bits per heavy atom. The molecule has 0 radical (unpaired) electrons. The molecule has 0 aromatic heterocycles. The molecule has 0 aliphatic heterocycles. The van der Waals surface area contributed by atoms with E-state index in [2.05, 4.69) is 6.92 Å². The normalized spacial score (nSPS) is 10.6. The van der Waals surface area contributed by atoms with Crippen molar-refractivity contribution in [3.63, 3.8) is 0 Å². The highest BCUT2D eigenvalue weighted by Crippen LogP contribution is 2.18. The van der Waals surface area contributed by atoms with Gasteiger partial charge in [-0.05, 0) is 18.9 Å². The first kappa shape index (κ1) is 25.6. The van der Waals surface area contributed by atoms with Crippen molar-refractivity contribution < 1.29 is 24.0 Å². The first-order chi connectivity index (χ1) is 14.5. The van der Waals surface area contributed by atoms with Crippen LogP contribution in [0.5, 0.6) is 0 Å². The highest BCUT2D eigenvalue weighted by Gasteiger charge is 2.14. The van der Waals surface area contributed by atoms with Gasteiger partial charge in [0.2, 0.25) is 0 Å². The molecule has 0 aliphatic carbocycles. The van der Waals surface area contributed by atoms with Gasteiger partial charge in [-0.1, -0.05) is 70.4 Å². The molecule has 1 rings (SSSR count). The SMILES string of the molecule is CCCCCCCCCCCOC(=O)CCCC(=O)OCc1ccccc1[N+](=O)[O-]. The fourth-order valence-electron chi connectivity index (χ4n) is 3.09. The summed E-state index contributed by atoms with van der Waals surface area (Å²) in [5, 5.41) is 10.9. The van der Waals surface area contributed by atoms with Crippen LogP contribution in [0.3, 0.4) is 0 Å². The number of nitro groups is 1. The van der Waals surface area contributed by atoms with Gasteiger partial charge in [0, 0.05) is 18.9 Å². The van der Waals surface area contributed by atoms with E-state index in [-0.39, 0.29) is 31.1 Å². The minimum atomic E-state index is -0.507. The van der Waals surface area contributed by atoms with Crippen LogP contribution in [0.25, 0.3) is 0 Å². The number of esters is 2. The van der Waals surface area contributed by atoms with Crippen LogP contribution in [0, 0.1) is 10.1 Å². The quantitative estimate of drug-likeness (QED) is 0.135. The smallest absolute Gasteiger partial charge is 0.306 e. The molecule has 0 atom stereocenters. The van der Waals surface area contributed by atoms with Crippen molar-refractivity contribution in [1.29, 1.82) is 0 Å². The van der Waals surface area contributed by atoms with Gasteiger partial charge < -0.3 is 9.47 Å². The monoisotopic (exact) mass is 421 g/mol. The van der Waals surface area contributed by atoms with Crippen LogP contribution in [-0.4, -0.2) is 23.5 Å². The second kappa shape index (κ2) is 16.4. The highest BCUT2D eigenvalue weighted by molar-refractivity contribution is 5.72. The van der Waals surface area contributed by atoms with Gasteiger partial charge in [-0.25, -0.2) is 0 Å². The molecule has 0 amide bonds. The minimum Gasteiger partial charge on any atom is -0.466 e. The lowest BCUT2D eigenvalue weighted by Crippen LogP contribution is -2.09. The third-order valence-corrected chi connectivity index (χ3v) is 4.85. The van der Waals surface area contributed by atoms with E-state index in [0.717, 1.165) is 12.8 Å². The van der Waals surface area contributed by atoms with Crippen molar-refractivity contribution in [1.82, 2.24) is 0 Å². The van der Waals surface area contributed by atoms with Gasteiger partial charge in [0.25, 0.3) is 5.69 Å². The zero-order valence-electron chi connectivity index (χ0n) is 18.1. The van der Waals surface area contributed by atoms with Crippen molar-refractivity contribution >= 4 is 17.6 Å². The van der Waals surface area contributed by atoms with Crippen LogP contribution in [0.2, 0.25) is 0 Å². The molecule has 30 heavy (non-hydrogen) atoms. The molecule has 0 unspecified atom stereocenters. The van der Waals surface area contributed by atoms with Gasteiger partial charge in [0.05, 0.1) is 17.1 Å². The zero-order valence-corrected chi connectivity index (χ0v) is 18.1. The number of hydrogen-bond acceptors (Lipinski definition) is 6. The van der Waals surface area contributed by atoms with E-state index in [4.69, 9.17) is 9.47 Å². The average Bonchev–Trinajstić information content (AvgIpc) is 2.73. The van der Waals surface area contributed by atoms with Gasteiger partial charge in [-0.3, -0.25) is 19.7 Å². The Kier molecular flexibility index (Phi) is 14.0. The van der Waals surface area contributed by atoms with Crippen LogP contribution in [-0.2, 0) is 25.7 Å². The molecule has 1 aromatic rings. The number of nitro benzene ring substituents is 1. The topological polar surface area (TPSA) is 95.7 Å². The van der Waals surface area contributed by atoms with Crippen LogP contribution in [0.1, 0.15) is 89.5 Å². The molecule has 0 saturated heterocycles. The number of rotatable bonds is 17. The van der Waals surface area contributed by atoms with E-state index in [1.807, 2.05) is 0 Å². The molecule has 0 N–H and O–H groups in total. The fraction of sp³-hybridized carbons (Fsp3) is 0.652. The van der Waals surface area contributed by atoms with E-state index in [1.165, 1.54) is 51.0 Å². The summed E-state index contributed by atoms with van der Waals surface area (Å²) in [6.07, 6.45) is 11.5. The second-order valence-electron chi connectivity index (χ2n) is 7.45. The average molecular weight is 422 g/mol. The molecule has 0 bridgehead atoms. The lowest BCUT2D eigenvalue weighted by Gasteiger charge is -2.06. The maximum Gasteiger partial charge on any atom is 0.306 e. The standard InChI is InChI=1S/C23H35NO6/c1-2-3-4-5-6-7-8-9-12-18-29-22(25)16-13-17-23(26)30-19-20-14-10-11-15-21(20)24(27)28/h10-11,14-15H,2-9,12-13,16-19H2,1H3. The summed E-state index contributed by atoms with van der Waals surface area (Å²) in [6, 6.07) is 6.13. The summed E-state index contributed by atoms with van der Waals surface area (Å²) in [6.45, 7) is 2.49. The summed E-state index contributed by atoms with van der Waals surface area (Å²) in [7, 11) is 0. The molecular formula is C23H35NO6. The van der Waals surface area contributed by atoms with Gasteiger partial charge in [0.1, 0.15) is 6.61 Å². The molecule has 7 heteroatoms. The Hall–Kier alpha value is -2.44. The summed E-state index contributed by atoms with van der Waals surface area (Å²) < 4.78 is 10.3. The molecule has 168 valence electrons. The third kappa shape index (κ3) is 12.2. The summed E-state index contributed by atoms with van der Waals surface area (Å²) in [5.74, 6) is -0.791. The Morgan fingerprint density at radius 2 is 1.40 bits per heavy atom. The molecule has 0 saturated carbocycles. The van der Waals surface area contributed by atoms with Crippen molar-refractivity contribution in [2.24, 2.45) is 0 Å². The maximum atomic E-state index is 11.8. The lowest BCUT2D eigenvalue weighted by atomic mass is 10.1. The molecule has 0 fully saturated rings. The lowest BCUT2D eigenvalue weighted by molar-refractivity contribution is -0.385. The molecule has 0 aliphatic rings. The first-order valence-corrected chi connectivity index (χ1v) is 11.1. The molecule has 0 heterocycles. The first-order valence-electron chi connectivity index (χ1n) is 11.1. The summed E-state index contributed by atoms with van der Waals surface area (Å²) in [5.41, 5.74) is 0.265. The van der Waals surface area contributed by atoms with Crippen molar-refractivity contribution in [3.8, 4) is 0 Å². The molecule has 0 spiro atoms. The van der Waals surface area contributed by atoms with Crippen molar-refractivity contribution in [3.05, 3.63) is 39.9 Å². The molecular weight excluding hydrogens is 386 g/mol. The summed E-state index contributed by atoms with van der Waals surface area (Å²) in [4.78, 5) is 33.9.